The van der Waals surface area contributed by atoms with Crippen molar-refractivity contribution in [1.29, 1.82) is 0 Å². The van der Waals surface area contributed by atoms with Gasteiger partial charge in [-0.2, -0.15) is 0 Å². The molecule has 0 heterocycles. The molecule has 1 saturated carbocycles. The Morgan fingerprint density at radius 2 is 1.75 bits per heavy atom. The minimum atomic E-state index is -0.872. The van der Waals surface area contributed by atoms with E-state index in [1.165, 1.54) is 11.8 Å². The number of benzene rings is 2. The number of hydrogen-bond donors (Lipinski definition) is 3. The molecule has 2 amide bonds. The van der Waals surface area contributed by atoms with Gasteiger partial charge >= 0.3 is 5.97 Å². The molecule has 1 aliphatic rings. The maximum absolute atomic E-state index is 12.5. The summed E-state index contributed by atoms with van der Waals surface area (Å²) in [7, 11) is 0. The van der Waals surface area contributed by atoms with Crippen LogP contribution in [0.15, 0.2) is 53.4 Å². The molecule has 0 aromatic heterocycles. The number of aliphatic carboxylic acids is 1. The number of thioether (sulfide) groups is 1. The van der Waals surface area contributed by atoms with Gasteiger partial charge in [-0.25, -0.2) is 0 Å². The molecular formula is C21H22N2O4S. The third kappa shape index (κ3) is 4.92. The van der Waals surface area contributed by atoms with Crippen molar-refractivity contribution in [3.05, 3.63) is 59.7 Å². The molecule has 3 N–H and O–H groups in total. The summed E-state index contributed by atoms with van der Waals surface area (Å²) in [5.41, 5.74) is 1.47. The molecule has 6 nitrogen and oxygen atoms in total. The second-order valence-corrected chi connectivity index (χ2v) is 7.98. The molecular weight excluding hydrogens is 376 g/mol. The largest absolute Gasteiger partial charge is 0.481 e. The molecule has 3 rings (SSSR count). The minimum absolute atomic E-state index is 0.119. The number of rotatable bonds is 8. The Balaban J connectivity index is 1.57. The summed E-state index contributed by atoms with van der Waals surface area (Å²) in [6.07, 6.45) is 1.16. The Labute approximate surface area is 167 Å². The van der Waals surface area contributed by atoms with Crippen molar-refractivity contribution >= 4 is 35.2 Å². The second-order valence-electron chi connectivity index (χ2n) is 6.97. The SMILES string of the molecule is Cc1ccc(NC(=O)CSc2ccccc2C(=O)NCC2(C(=O)O)CC2)cc1. The summed E-state index contributed by atoms with van der Waals surface area (Å²) in [5.74, 6) is -1.19. The van der Waals surface area contributed by atoms with Crippen LogP contribution in [0.25, 0.3) is 0 Å². The maximum atomic E-state index is 12.5. The zero-order chi connectivity index (χ0) is 20.1. The Hall–Kier alpha value is -2.80. The van der Waals surface area contributed by atoms with Gasteiger partial charge in [-0.15, -0.1) is 11.8 Å². The monoisotopic (exact) mass is 398 g/mol. The summed E-state index contributed by atoms with van der Waals surface area (Å²) < 4.78 is 0. The van der Waals surface area contributed by atoms with Crippen molar-refractivity contribution in [1.82, 2.24) is 5.32 Å². The van der Waals surface area contributed by atoms with E-state index >= 15 is 0 Å². The van der Waals surface area contributed by atoms with Gasteiger partial charge in [0.05, 0.1) is 16.7 Å². The number of hydrogen-bond acceptors (Lipinski definition) is 4. The minimum Gasteiger partial charge on any atom is -0.481 e. The number of carboxylic acid groups (broad SMARTS) is 1. The lowest BCUT2D eigenvalue weighted by molar-refractivity contribution is -0.143. The van der Waals surface area contributed by atoms with Gasteiger partial charge in [-0.3, -0.25) is 14.4 Å². The van der Waals surface area contributed by atoms with E-state index in [9.17, 15) is 19.5 Å². The van der Waals surface area contributed by atoms with Crippen LogP contribution in [-0.4, -0.2) is 35.2 Å². The first-order valence-electron chi connectivity index (χ1n) is 9.00. The number of anilines is 1. The molecule has 146 valence electrons. The zero-order valence-electron chi connectivity index (χ0n) is 15.5. The van der Waals surface area contributed by atoms with Gasteiger partial charge in [0, 0.05) is 17.1 Å². The first-order valence-corrected chi connectivity index (χ1v) is 9.98. The van der Waals surface area contributed by atoms with Crippen LogP contribution in [0.4, 0.5) is 5.69 Å². The molecule has 7 heteroatoms. The van der Waals surface area contributed by atoms with E-state index < -0.39 is 11.4 Å². The van der Waals surface area contributed by atoms with Gasteiger partial charge in [0.15, 0.2) is 0 Å². The molecule has 0 bridgehead atoms. The fraction of sp³-hybridized carbons (Fsp3) is 0.286. The number of amides is 2. The van der Waals surface area contributed by atoms with Crippen molar-refractivity contribution < 1.29 is 19.5 Å². The molecule has 0 saturated heterocycles. The first kappa shape index (κ1) is 19.9. The Kier molecular flexibility index (Phi) is 6.04. The van der Waals surface area contributed by atoms with E-state index in [0.717, 1.165) is 11.3 Å². The highest BCUT2D eigenvalue weighted by Gasteiger charge is 2.50. The molecule has 0 atom stereocenters. The van der Waals surface area contributed by atoms with Crippen LogP contribution in [0, 0.1) is 12.3 Å². The molecule has 2 aromatic carbocycles. The van der Waals surface area contributed by atoms with Gasteiger partial charge in [0.25, 0.3) is 5.91 Å². The van der Waals surface area contributed by atoms with Crippen LogP contribution in [0.3, 0.4) is 0 Å². The van der Waals surface area contributed by atoms with Crippen LogP contribution in [0.5, 0.6) is 0 Å². The van der Waals surface area contributed by atoms with Crippen LogP contribution in [0.2, 0.25) is 0 Å². The maximum Gasteiger partial charge on any atom is 0.311 e. The standard InChI is InChI=1S/C21H22N2O4S/c1-14-6-8-15(9-7-14)23-18(24)12-28-17-5-3-2-4-16(17)19(25)22-13-21(10-11-21)20(26)27/h2-9H,10-13H2,1H3,(H,22,25)(H,23,24)(H,26,27). The normalized spacial score (nSPS) is 14.2. The predicted molar refractivity (Wildman–Crippen MR) is 109 cm³/mol. The zero-order valence-corrected chi connectivity index (χ0v) is 16.3. The smallest absolute Gasteiger partial charge is 0.311 e. The van der Waals surface area contributed by atoms with Crippen LogP contribution < -0.4 is 10.6 Å². The molecule has 2 aromatic rings. The Morgan fingerprint density at radius 3 is 2.39 bits per heavy atom. The summed E-state index contributed by atoms with van der Waals surface area (Å²) in [6.45, 7) is 2.10. The second kappa shape index (κ2) is 8.48. The number of carboxylic acids is 1. The summed E-state index contributed by atoms with van der Waals surface area (Å²) in [4.78, 5) is 36.6. The van der Waals surface area contributed by atoms with Gasteiger partial charge in [0.1, 0.15) is 0 Å². The highest BCUT2D eigenvalue weighted by molar-refractivity contribution is 8.00. The van der Waals surface area contributed by atoms with Crippen molar-refractivity contribution in [3.63, 3.8) is 0 Å². The molecule has 0 aliphatic heterocycles. The topological polar surface area (TPSA) is 95.5 Å². The third-order valence-electron chi connectivity index (χ3n) is 4.72. The average molecular weight is 398 g/mol. The molecule has 0 unspecified atom stereocenters. The fourth-order valence-electron chi connectivity index (χ4n) is 2.72. The van der Waals surface area contributed by atoms with E-state index in [0.29, 0.717) is 23.3 Å². The van der Waals surface area contributed by atoms with Gasteiger partial charge in [0.2, 0.25) is 5.91 Å². The highest BCUT2D eigenvalue weighted by Crippen LogP contribution is 2.45. The van der Waals surface area contributed by atoms with Crippen molar-refractivity contribution in [2.45, 2.75) is 24.7 Å². The van der Waals surface area contributed by atoms with E-state index in [1.54, 1.807) is 24.3 Å². The molecule has 0 radical (unpaired) electrons. The fourth-order valence-corrected chi connectivity index (χ4v) is 3.57. The van der Waals surface area contributed by atoms with E-state index in [4.69, 9.17) is 0 Å². The van der Waals surface area contributed by atoms with Crippen molar-refractivity contribution in [2.75, 3.05) is 17.6 Å². The predicted octanol–water partition coefficient (Wildman–Crippen LogP) is 3.32. The van der Waals surface area contributed by atoms with Crippen LogP contribution in [0.1, 0.15) is 28.8 Å². The van der Waals surface area contributed by atoms with E-state index in [1.807, 2.05) is 31.2 Å². The van der Waals surface area contributed by atoms with Gasteiger partial charge in [-0.05, 0) is 44.0 Å². The Bertz CT molecular complexity index is 892. The number of nitrogens with one attached hydrogen (secondary N) is 2. The van der Waals surface area contributed by atoms with Gasteiger partial charge in [-0.1, -0.05) is 29.8 Å². The first-order chi connectivity index (χ1) is 13.4. The summed E-state index contributed by atoms with van der Waals surface area (Å²) in [6, 6.07) is 14.5. The van der Waals surface area contributed by atoms with E-state index in [2.05, 4.69) is 10.6 Å². The van der Waals surface area contributed by atoms with Gasteiger partial charge < -0.3 is 15.7 Å². The van der Waals surface area contributed by atoms with Crippen molar-refractivity contribution in [3.8, 4) is 0 Å². The number of carbonyl (C=O) groups is 3. The Morgan fingerprint density at radius 1 is 1.07 bits per heavy atom. The quantitative estimate of drug-likeness (QED) is 0.593. The molecule has 28 heavy (non-hydrogen) atoms. The lowest BCUT2D eigenvalue weighted by atomic mass is 10.1. The molecule has 1 fully saturated rings. The molecule has 0 spiro atoms. The molecule has 1 aliphatic carbocycles. The third-order valence-corrected chi connectivity index (χ3v) is 5.79. The van der Waals surface area contributed by atoms with E-state index in [-0.39, 0.29) is 24.1 Å². The van der Waals surface area contributed by atoms with Crippen molar-refractivity contribution in [2.24, 2.45) is 5.41 Å². The lowest BCUT2D eigenvalue weighted by Gasteiger charge is -2.13. The average Bonchev–Trinajstić information content (AvgIpc) is 3.48. The van der Waals surface area contributed by atoms with Crippen LogP contribution in [-0.2, 0) is 9.59 Å². The van der Waals surface area contributed by atoms with Crippen LogP contribution >= 0.6 is 11.8 Å². The number of carbonyl (C=O) groups excluding carboxylic acids is 2. The lowest BCUT2D eigenvalue weighted by Crippen LogP contribution is -2.34. The summed E-state index contributed by atoms with van der Waals surface area (Å²) in [5, 5.41) is 14.8. The number of aryl methyl sites for hydroxylation is 1. The highest BCUT2D eigenvalue weighted by atomic mass is 32.2. The summed E-state index contributed by atoms with van der Waals surface area (Å²) >= 11 is 1.27.